The van der Waals surface area contributed by atoms with Gasteiger partial charge in [-0.05, 0) is 66.9 Å². The lowest BCUT2D eigenvalue weighted by Crippen LogP contribution is -2.30. The van der Waals surface area contributed by atoms with Gasteiger partial charge in [0.25, 0.3) is 11.8 Å². The van der Waals surface area contributed by atoms with Crippen LogP contribution >= 0.6 is 0 Å². The van der Waals surface area contributed by atoms with Crippen molar-refractivity contribution in [3.05, 3.63) is 95.6 Å². The van der Waals surface area contributed by atoms with Gasteiger partial charge >= 0.3 is 0 Å². The summed E-state index contributed by atoms with van der Waals surface area (Å²) >= 11 is 0. The van der Waals surface area contributed by atoms with E-state index in [-0.39, 0.29) is 17.9 Å². The van der Waals surface area contributed by atoms with Crippen LogP contribution in [0.2, 0.25) is 0 Å². The Kier molecular flexibility index (Phi) is 5.80. The largest absolute Gasteiger partial charge is 0.497 e. The van der Waals surface area contributed by atoms with Crippen LogP contribution in [0.25, 0.3) is 0 Å². The molecule has 0 saturated carbocycles. The van der Waals surface area contributed by atoms with Crippen molar-refractivity contribution in [3.8, 4) is 5.75 Å². The molecular weight excluding hydrogens is 376 g/mol. The molecule has 1 heterocycles. The highest BCUT2D eigenvalue weighted by Gasteiger charge is 2.30. The van der Waals surface area contributed by atoms with Crippen LogP contribution in [0.15, 0.2) is 78.9 Å². The van der Waals surface area contributed by atoms with Crippen LogP contribution < -0.4 is 10.1 Å². The Morgan fingerprint density at radius 3 is 2.43 bits per heavy atom. The van der Waals surface area contributed by atoms with Crippen LogP contribution in [-0.4, -0.2) is 30.4 Å². The van der Waals surface area contributed by atoms with Crippen LogP contribution in [0, 0.1) is 0 Å². The Bertz CT molecular complexity index is 1030. The maximum Gasteiger partial charge on any atom is 0.255 e. The standard InChI is InChI=1S/C25H24N2O3/c1-30-22-10-5-9-20(17-22)23-11-6-16-27(23)25(29)19-12-14-21(15-13-19)26-24(28)18-7-3-2-4-8-18/h2-5,7-10,12-15,17,23H,6,11,16H2,1H3,(H,26,28). The zero-order chi connectivity index (χ0) is 20.9. The van der Waals surface area contributed by atoms with Crippen molar-refractivity contribution in [3.63, 3.8) is 0 Å². The molecule has 0 aromatic heterocycles. The van der Waals surface area contributed by atoms with E-state index in [4.69, 9.17) is 4.74 Å². The number of nitrogens with zero attached hydrogens (tertiary/aromatic N) is 1. The van der Waals surface area contributed by atoms with Gasteiger partial charge in [-0.1, -0.05) is 30.3 Å². The van der Waals surface area contributed by atoms with Crippen LogP contribution in [0.5, 0.6) is 5.75 Å². The van der Waals surface area contributed by atoms with E-state index in [1.54, 1.807) is 43.5 Å². The number of nitrogens with one attached hydrogen (secondary N) is 1. The predicted octanol–water partition coefficient (Wildman–Crippen LogP) is 4.92. The van der Waals surface area contributed by atoms with Gasteiger partial charge in [-0.15, -0.1) is 0 Å². The number of likely N-dealkylation sites (tertiary alicyclic amines) is 1. The zero-order valence-corrected chi connectivity index (χ0v) is 16.9. The third-order valence-electron chi connectivity index (χ3n) is 5.42. The Labute approximate surface area is 176 Å². The number of hydrogen-bond acceptors (Lipinski definition) is 3. The van der Waals surface area contributed by atoms with Gasteiger partial charge in [0.1, 0.15) is 5.75 Å². The summed E-state index contributed by atoms with van der Waals surface area (Å²) in [5.41, 5.74) is 2.96. The molecule has 0 radical (unpaired) electrons. The van der Waals surface area contributed by atoms with Crippen LogP contribution in [-0.2, 0) is 0 Å². The highest BCUT2D eigenvalue weighted by Crippen LogP contribution is 2.34. The minimum absolute atomic E-state index is 0.00116. The summed E-state index contributed by atoms with van der Waals surface area (Å²) in [6.45, 7) is 0.729. The Balaban J connectivity index is 1.47. The number of methoxy groups -OCH3 is 1. The number of hydrogen-bond donors (Lipinski definition) is 1. The van der Waals surface area contributed by atoms with E-state index < -0.39 is 0 Å². The number of amides is 2. The molecule has 1 atom stereocenters. The van der Waals surface area contributed by atoms with Gasteiger partial charge in [-0.25, -0.2) is 0 Å². The predicted molar refractivity (Wildman–Crippen MR) is 117 cm³/mol. The third kappa shape index (κ3) is 4.20. The first kappa shape index (κ1) is 19.7. The second-order valence-corrected chi connectivity index (χ2v) is 7.33. The van der Waals surface area contributed by atoms with E-state index in [0.717, 1.165) is 30.7 Å². The number of benzene rings is 3. The molecule has 5 heteroatoms. The fourth-order valence-corrected chi connectivity index (χ4v) is 3.86. The van der Waals surface area contributed by atoms with Gasteiger partial charge < -0.3 is 15.0 Å². The molecule has 30 heavy (non-hydrogen) atoms. The summed E-state index contributed by atoms with van der Waals surface area (Å²) in [7, 11) is 1.65. The average Bonchev–Trinajstić information content (AvgIpc) is 3.30. The van der Waals surface area contributed by atoms with Crippen LogP contribution in [0.3, 0.4) is 0 Å². The summed E-state index contributed by atoms with van der Waals surface area (Å²) in [4.78, 5) is 27.4. The Morgan fingerprint density at radius 2 is 1.70 bits per heavy atom. The highest BCUT2D eigenvalue weighted by atomic mass is 16.5. The van der Waals surface area contributed by atoms with E-state index in [9.17, 15) is 9.59 Å². The molecule has 1 unspecified atom stereocenters. The van der Waals surface area contributed by atoms with Crippen molar-refractivity contribution in [2.75, 3.05) is 19.0 Å². The van der Waals surface area contributed by atoms with Gasteiger partial charge in [0.05, 0.1) is 13.2 Å². The molecule has 0 bridgehead atoms. The average molecular weight is 400 g/mol. The second kappa shape index (κ2) is 8.82. The monoisotopic (exact) mass is 400 g/mol. The SMILES string of the molecule is COc1cccc(C2CCCN2C(=O)c2ccc(NC(=O)c3ccccc3)cc2)c1. The number of carbonyl (C=O) groups excluding carboxylic acids is 2. The van der Waals surface area contributed by atoms with Gasteiger partial charge in [0, 0.05) is 23.4 Å². The van der Waals surface area contributed by atoms with Crippen molar-refractivity contribution in [1.82, 2.24) is 4.90 Å². The molecule has 0 spiro atoms. The summed E-state index contributed by atoms with van der Waals surface area (Å²) in [6.07, 6.45) is 1.91. The first-order chi connectivity index (χ1) is 14.7. The minimum atomic E-state index is -0.174. The maximum atomic E-state index is 13.1. The molecule has 1 N–H and O–H groups in total. The third-order valence-corrected chi connectivity index (χ3v) is 5.42. The molecule has 3 aromatic rings. The first-order valence-corrected chi connectivity index (χ1v) is 10.1. The maximum absolute atomic E-state index is 13.1. The quantitative estimate of drug-likeness (QED) is 0.661. The molecule has 3 aromatic carbocycles. The lowest BCUT2D eigenvalue weighted by Gasteiger charge is -2.25. The molecule has 1 fully saturated rings. The van der Waals surface area contributed by atoms with E-state index in [0.29, 0.717) is 16.8 Å². The lowest BCUT2D eigenvalue weighted by atomic mass is 10.0. The lowest BCUT2D eigenvalue weighted by molar-refractivity contribution is 0.0735. The number of rotatable bonds is 5. The second-order valence-electron chi connectivity index (χ2n) is 7.33. The molecule has 0 aliphatic carbocycles. The Morgan fingerprint density at radius 1 is 0.933 bits per heavy atom. The summed E-state index contributed by atoms with van der Waals surface area (Å²) in [6, 6.07) is 24.1. The van der Waals surface area contributed by atoms with E-state index in [1.165, 1.54) is 0 Å². The van der Waals surface area contributed by atoms with Gasteiger partial charge in [0.2, 0.25) is 0 Å². The number of ether oxygens (including phenoxy) is 1. The highest BCUT2D eigenvalue weighted by molar-refractivity contribution is 6.04. The molecular formula is C25H24N2O3. The number of carbonyl (C=O) groups is 2. The van der Waals surface area contributed by atoms with Crippen molar-refractivity contribution in [2.45, 2.75) is 18.9 Å². The van der Waals surface area contributed by atoms with Crippen molar-refractivity contribution in [1.29, 1.82) is 0 Å². The number of anilines is 1. The van der Waals surface area contributed by atoms with Crippen molar-refractivity contribution >= 4 is 17.5 Å². The molecule has 1 aliphatic heterocycles. The van der Waals surface area contributed by atoms with Crippen molar-refractivity contribution < 1.29 is 14.3 Å². The fraction of sp³-hybridized carbons (Fsp3) is 0.200. The molecule has 4 rings (SSSR count). The first-order valence-electron chi connectivity index (χ1n) is 10.1. The summed E-state index contributed by atoms with van der Waals surface area (Å²) in [5.74, 6) is 0.624. The topological polar surface area (TPSA) is 58.6 Å². The molecule has 5 nitrogen and oxygen atoms in total. The van der Waals surface area contributed by atoms with Gasteiger partial charge in [-0.3, -0.25) is 9.59 Å². The summed E-state index contributed by atoms with van der Waals surface area (Å²) in [5, 5.41) is 2.86. The van der Waals surface area contributed by atoms with Crippen LogP contribution in [0.1, 0.15) is 45.2 Å². The Hall–Kier alpha value is -3.60. The van der Waals surface area contributed by atoms with Crippen LogP contribution in [0.4, 0.5) is 5.69 Å². The van der Waals surface area contributed by atoms with Crippen molar-refractivity contribution in [2.24, 2.45) is 0 Å². The van der Waals surface area contributed by atoms with Gasteiger partial charge in [0.15, 0.2) is 0 Å². The molecule has 2 amide bonds. The minimum Gasteiger partial charge on any atom is -0.497 e. The zero-order valence-electron chi connectivity index (χ0n) is 16.9. The fourth-order valence-electron chi connectivity index (χ4n) is 3.86. The van der Waals surface area contributed by atoms with E-state index in [1.807, 2.05) is 47.4 Å². The summed E-state index contributed by atoms with van der Waals surface area (Å²) < 4.78 is 5.33. The molecule has 152 valence electrons. The molecule has 1 aliphatic rings. The normalized spacial score (nSPS) is 15.6. The van der Waals surface area contributed by atoms with Gasteiger partial charge in [-0.2, -0.15) is 0 Å². The molecule has 1 saturated heterocycles. The van der Waals surface area contributed by atoms with E-state index in [2.05, 4.69) is 5.32 Å². The van der Waals surface area contributed by atoms with E-state index >= 15 is 0 Å². The smallest absolute Gasteiger partial charge is 0.255 e.